The predicted molar refractivity (Wildman–Crippen MR) is 65.2 cm³/mol. The van der Waals surface area contributed by atoms with Crippen molar-refractivity contribution < 1.29 is 0 Å². The molecule has 0 spiro atoms. The number of halogens is 1. The molecule has 1 aliphatic rings. The van der Waals surface area contributed by atoms with Crippen molar-refractivity contribution in [3.05, 3.63) is 35.4 Å². The zero-order valence-electron chi connectivity index (χ0n) is 8.96. The summed E-state index contributed by atoms with van der Waals surface area (Å²) in [5.41, 5.74) is 1.92. The van der Waals surface area contributed by atoms with Gasteiger partial charge in [0.15, 0.2) is 0 Å². The van der Waals surface area contributed by atoms with E-state index >= 15 is 0 Å². The summed E-state index contributed by atoms with van der Waals surface area (Å²) in [6.07, 6.45) is 2.69. The topological polar surface area (TPSA) is 23.8 Å². The molecule has 0 heterocycles. The molecular formula is C14H12ClN. The number of nitriles is 1. The second-order valence-corrected chi connectivity index (χ2v) is 4.39. The van der Waals surface area contributed by atoms with Crippen molar-refractivity contribution in [3.8, 4) is 17.9 Å². The lowest BCUT2D eigenvalue weighted by molar-refractivity contribution is 0.908. The molecule has 1 nitrogen and oxygen atoms in total. The van der Waals surface area contributed by atoms with E-state index < -0.39 is 0 Å². The summed E-state index contributed by atoms with van der Waals surface area (Å²) in [6, 6.07) is 10.4. The number of alkyl halides is 1. The van der Waals surface area contributed by atoms with Crippen molar-refractivity contribution in [2.24, 2.45) is 0 Å². The van der Waals surface area contributed by atoms with E-state index in [1.165, 1.54) is 0 Å². The van der Waals surface area contributed by atoms with Gasteiger partial charge in [0.25, 0.3) is 0 Å². The highest BCUT2D eigenvalue weighted by Crippen LogP contribution is 2.47. The van der Waals surface area contributed by atoms with E-state index in [0.717, 1.165) is 24.0 Å². The summed E-state index contributed by atoms with van der Waals surface area (Å²) in [5, 5.41) is 9.06. The first kappa shape index (κ1) is 11.1. The van der Waals surface area contributed by atoms with Gasteiger partial charge in [-0.1, -0.05) is 24.0 Å². The maximum atomic E-state index is 9.06. The lowest BCUT2D eigenvalue weighted by Crippen LogP contribution is -2.01. The van der Waals surface area contributed by atoms with Crippen LogP contribution in [-0.4, -0.2) is 5.88 Å². The first-order valence-electron chi connectivity index (χ1n) is 5.37. The Hall–Kier alpha value is -1.44. The molecule has 16 heavy (non-hydrogen) atoms. The lowest BCUT2D eigenvalue weighted by atomic mass is 9.97. The van der Waals surface area contributed by atoms with Gasteiger partial charge in [0.2, 0.25) is 0 Å². The predicted octanol–water partition coefficient (Wildman–Crippen LogP) is 3.22. The van der Waals surface area contributed by atoms with Gasteiger partial charge in [-0.05, 0) is 30.5 Å². The highest BCUT2D eigenvalue weighted by molar-refractivity contribution is 6.18. The molecule has 1 aromatic rings. The van der Waals surface area contributed by atoms with Crippen LogP contribution in [0, 0.1) is 23.2 Å². The second-order valence-electron chi connectivity index (χ2n) is 4.01. The Morgan fingerprint density at radius 1 is 1.25 bits per heavy atom. The van der Waals surface area contributed by atoms with Crippen molar-refractivity contribution in [1.82, 2.24) is 0 Å². The Morgan fingerprint density at radius 3 is 2.44 bits per heavy atom. The summed E-state index contributed by atoms with van der Waals surface area (Å²) in [4.78, 5) is 0. The van der Waals surface area contributed by atoms with E-state index in [9.17, 15) is 0 Å². The van der Waals surface area contributed by atoms with Gasteiger partial charge < -0.3 is 0 Å². The number of benzene rings is 1. The van der Waals surface area contributed by atoms with E-state index in [1.54, 1.807) is 0 Å². The van der Waals surface area contributed by atoms with E-state index in [1.807, 2.05) is 24.3 Å². The van der Waals surface area contributed by atoms with E-state index in [4.69, 9.17) is 16.9 Å². The van der Waals surface area contributed by atoms with Crippen molar-refractivity contribution in [1.29, 1.82) is 5.26 Å². The van der Waals surface area contributed by atoms with Crippen LogP contribution in [0.5, 0.6) is 0 Å². The minimum absolute atomic E-state index is 0.192. The highest BCUT2D eigenvalue weighted by atomic mass is 35.5. The molecule has 0 N–H and O–H groups in total. The molecule has 1 fully saturated rings. The normalized spacial score (nSPS) is 15.8. The van der Waals surface area contributed by atoms with Crippen molar-refractivity contribution >= 4 is 11.6 Å². The van der Waals surface area contributed by atoms with Crippen molar-refractivity contribution in [2.45, 2.75) is 24.7 Å². The second kappa shape index (κ2) is 4.60. The average Bonchev–Trinajstić information content (AvgIpc) is 3.11. The van der Waals surface area contributed by atoms with E-state index in [-0.39, 0.29) is 5.41 Å². The Balaban J connectivity index is 2.13. The van der Waals surface area contributed by atoms with E-state index in [0.29, 0.717) is 12.3 Å². The summed E-state index contributed by atoms with van der Waals surface area (Å²) in [6.45, 7) is 0. The lowest BCUT2D eigenvalue weighted by Gasteiger charge is -2.04. The van der Waals surface area contributed by atoms with Crippen LogP contribution < -0.4 is 0 Å². The fraction of sp³-hybridized carbons (Fsp3) is 0.357. The average molecular weight is 230 g/mol. The molecule has 80 valence electrons. The molecule has 0 radical (unpaired) electrons. The molecule has 1 aliphatic carbocycles. The fourth-order valence-corrected chi connectivity index (χ4v) is 1.77. The fourth-order valence-electron chi connectivity index (χ4n) is 1.67. The first-order valence-corrected chi connectivity index (χ1v) is 5.91. The summed E-state index contributed by atoms with van der Waals surface area (Å²) >= 11 is 5.54. The third kappa shape index (κ3) is 2.21. The number of nitrogens with zero attached hydrogens (tertiary/aromatic N) is 1. The van der Waals surface area contributed by atoms with Crippen LogP contribution in [-0.2, 0) is 5.41 Å². The van der Waals surface area contributed by atoms with Crippen LogP contribution >= 0.6 is 11.6 Å². The third-order valence-corrected chi connectivity index (χ3v) is 3.04. The molecule has 1 saturated carbocycles. The van der Waals surface area contributed by atoms with Gasteiger partial charge in [0.05, 0.1) is 11.5 Å². The largest absolute Gasteiger partial charge is 0.197 e. The molecule has 2 heteroatoms. The van der Waals surface area contributed by atoms with Gasteiger partial charge in [-0.2, -0.15) is 5.26 Å². The van der Waals surface area contributed by atoms with Gasteiger partial charge in [-0.15, -0.1) is 11.6 Å². The first-order chi connectivity index (χ1) is 7.80. The molecule has 0 aliphatic heterocycles. The van der Waals surface area contributed by atoms with Crippen LogP contribution in [0.2, 0.25) is 0 Å². The minimum atomic E-state index is -0.192. The summed E-state index contributed by atoms with van der Waals surface area (Å²) in [5.74, 6) is 6.61. The molecule has 2 rings (SSSR count). The zero-order chi connectivity index (χ0) is 11.4. The number of hydrogen-bond donors (Lipinski definition) is 0. The smallest absolute Gasteiger partial charge is 0.0823 e. The third-order valence-electron chi connectivity index (χ3n) is 2.85. The van der Waals surface area contributed by atoms with Gasteiger partial charge in [-0.3, -0.25) is 0 Å². The van der Waals surface area contributed by atoms with Gasteiger partial charge in [0.1, 0.15) is 0 Å². The highest BCUT2D eigenvalue weighted by Gasteiger charge is 2.44. The van der Waals surface area contributed by atoms with E-state index in [2.05, 4.69) is 17.9 Å². The zero-order valence-corrected chi connectivity index (χ0v) is 9.72. The van der Waals surface area contributed by atoms with Crippen LogP contribution in [0.3, 0.4) is 0 Å². The maximum absolute atomic E-state index is 9.06. The number of rotatable bonds is 2. The minimum Gasteiger partial charge on any atom is -0.197 e. The Labute approximate surface area is 101 Å². The Kier molecular flexibility index (Phi) is 3.18. The van der Waals surface area contributed by atoms with Crippen LogP contribution in [0.25, 0.3) is 0 Å². The van der Waals surface area contributed by atoms with Crippen LogP contribution in [0.4, 0.5) is 0 Å². The molecule has 0 bridgehead atoms. The van der Waals surface area contributed by atoms with Gasteiger partial charge in [-0.25, -0.2) is 0 Å². The quantitative estimate of drug-likeness (QED) is 0.564. The molecule has 0 atom stereocenters. The molecular weight excluding hydrogens is 218 g/mol. The SMILES string of the molecule is N#CC1(c2ccc(C#CCCCl)cc2)CC1. The molecule has 1 aromatic carbocycles. The van der Waals surface area contributed by atoms with Gasteiger partial charge >= 0.3 is 0 Å². The summed E-state index contributed by atoms with van der Waals surface area (Å²) in [7, 11) is 0. The monoisotopic (exact) mass is 229 g/mol. The maximum Gasteiger partial charge on any atom is 0.0823 e. The summed E-state index contributed by atoms with van der Waals surface area (Å²) < 4.78 is 0. The Bertz CT molecular complexity index is 466. The standard InChI is InChI=1S/C14H12ClN/c15-10-2-1-3-12-4-6-13(7-5-12)14(11-16)8-9-14/h4-7H,2,8-10H2. The van der Waals surface area contributed by atoms with Crippen molar-refractivity contribution in [2.75, 3.05) is 5.88 Å². The Morgan fingerprint density at radius 2 is 1.94 bits per heavy atom. The molecule has 0 amide bonds. The molecule has 0 aromatic heterocycles. The van der Waals surface area contributed by atoms with Crippen LogP contribution in [0.15, 0.2) is 24.3 Å². The van der Waals surface area contributed by atoms with Gasteiger partial charge in [0, 0.05) is 17.9 Å². The van der Waals surface area contributed by atoms with Crippen molar-refractivity contribution in [3.63, 3.8) is 0 Å². The molecule has 0 unspecified atom stereocenters. The molecule has 0 saturated heterocycles. The number of hydrogen-bond acceptors (Lipinski definition) is 1. The van der Waals surface area contributed by atoms with Crippen LogP contribution in [0.1, 0.15) is 30.4 Å².